The minimum Gasteiger partial charge on any atom is -0.322 e. The summed E-state index contributed by atoms with van der Waals surface area (Å²) in [6, 6.07) is 2.44. The Bertz CT molecular complexity index is 620. The molecule has 1 aromatic heterocycles. The van der Waals surface area contributed by atoms with Gasteiger partial charge in [-0.15, -0.1) is 0 Å². The Morgan fingerprint density at radius 3 is 3.13 bits per heavy atom. The van der Waals surface area contributed by atoms with E-state index in [-0.39, 0.29) is 11.4 Å². The van der Waals surface area contributed by atoms with E-state index in [0.717, 1.165) is 0 Å². The lowest BCUT2D eigenvalue weighted by Crippen LogP contribution is -2.20. The maximum absolute atomic E-state index is 13.5. The zero-order chi connectivity index (χ0) is 10.6. The Morgan fingerprint density at radius 1 is 1.53 bits per heavy atom. The van der Waals surface area contributed by atoms with Gasteiger partial charge in [-0.3, -0.25) is 4.79 Å². The lowest BCUT2D eigenvalue weighted by Gasteiger charge is -2.03. The first-order valence-corrected chi connectivity index (χ1v) is 4.62. The molecule has 0 aliphatic carbocycles. The highest BCUT2D eigenvalue weighted by Gasteiger charge is 2.25. The van der Waals surface area contributed by atoms with Crippen LogP contribution in [0.25, 0.3) is 11.0 Å². The molecule has 1 aromatic carbocycles. The van der Waals surface area contributed by atoms with E-state index in [0.29, 0.717) is 23.1 Å². The van der Waals surface area contributed by atoms with E-state index in [1.54, 1.807) is 6.07 Å². The Kier molecular flexibility index (Phi) is 1.50. The zero-order valence-electron chi connectivity index (χ0n) is 7.77. The number of halogens is 1. The molecule has 1 unspecified atom stereocenters. The molecule has 76 valence electrons. The van der Waals surface area contributed by atoms with Gasteiger partial charge in [0, 0.05) is 12.1 Å². The van der Waals surface area contributed by atoms with E-state index in [1.165, 1.54) is 16.8 Å². The topological polar surface area (TPSA) is 60.9 Å². The van der Waals surface area contributed by atoms with Gasteiger partial charge in [-0.25, -0.2) is 9.37 Å². The fourth-order valence-corrected chi connectivity index (χ4v) is 2.09. The van der Waals surface area contributed by atoms with E-state index >= 15 is 0 Å². The minimum absolute atomic E-state index is 0.234. The molecule has 0 fully saturated rings. The maximum atomic E-state index is 13.5. The Labute approximate surface area is 84.2 Å². The van der Waals surface area contributed by atoms with Gasteiger partial charge in [0.15, 0.2) is 0 Å². The van der Waals surface area contributed by atoms with Crippen molar-refractivity contribution >= 4 is 11.0 Å². The van der Waals surface area contributed by atoms with Crippen LogP contribution in [0, 0.1) is 5.82 Å². The lowest BCUT2D eigenvalue weighted by molar-refractivity contribution is 0.569. The van der Waals surface area contributed by atoms with Gasteiger partial charge in [-0.1, -0.05) is 0 Å². The van der Waals surface area contributed by atoms with E-state index in [9.17, 15) is 9.18 Å². The summed E-state index contributed by atoms with van der Waals surface area (Å²) >= 11 is 0. The highest BCUT2D eigenvalue weighted by molar-refractivity contribution is 5.80. The Morgan fingerprint density at radius 2 is 2.33 bits per heavy atom. The molecular formula is C10H8FN3O. The van der Waals surface area contributed by atoms with Gasteiger partial charge < -0.3 is 10.3 Å². The monoisotopic (exact) mass is 205 g/mol. The first-order chi connectivity index (χ1) is 7.18. The van der Waals surface area contributed by atoms with E-state index in [4.69, 9.17) is 5.73 Å². The summed E-state index contributed by atoms with van der Waals surface area (Å²) in [6.45, 7) is 0.327. The summed E-state index contributed by atoms with van der Waals surface area (Å²) in [5.41, 5.74) is 7.10. The molecule has 1 aliphatic rings. The van der Waals surface area contributed by atoms with Crippen LogP contribution in [0.5, 0.6) is 0 Å². The second-order valence-electron chi connectivity index (χ2n) is 3.64. The lowest BCUT2D eigenvalue weighted by atomic mass is 10.1. The largest absolute Gasteiger partial charge is 0.322 e. The van der Waals surface area contributed by atoms with Crippen molar-refractivity contribution in [2.24, 2.45) is 5.73 Å². The van der Waals surface area contributed by atoms with Crippen LogP contribution in [0.3, 0.4) is 0 Å². The third kappa shape index (κ3) is 0.979. The van der Waals surface area contributed by atoms with Gasteiger partial charge >= 0.3 is 0 Å². The van der Waals surface area contributed by atoms with Crippen LogP contribution < -0.4 is 11.3 Å². The second-order valence-corrected chi connectivity index (χ2v) is 3.64. The average Bonchev–Trinajstić information content (AvgIpc) is 2.56. The van der Waals surface area contributed by atoms with Crippen LogP contribution in [-0.4, -0.2) is 9.55 Å². The van der Waals surface area contributed by atoms with Crippen LogP contribution in [0.15, 0.2) is 23.1 Å². The van der Waals surface area contributed by atoms with Crippen molar-refractivity contribution < 1.29 is 4.39 Å². The van der Waals surface area contributed by atoms with E-state index in [1.807, 2.05) is 0 Å². The van der Waals surface area contributed by atoms with Crippen LogP contribution in [0.2, 0.25) is 0 Å². The maximum Gasteiger partial charge on any atom is 0.269 e. The summed E-state index contributed by atoms with van der Waals surface area (Å²) in [7, 11) is 0. The first-order valence-electron chi connectivity index (χ1n) is 4.62. The highest BCUT2D eigenvalue weighted by Crippen LogP contribution is 2.30. The fraction of sp³-hybridized carbons (Fsp3) is 0.200. The molecule has 3 rings (SSSR count). The first kappa shape index (κ1) is 8.55. The number of rotatable bonds is 0. The molecule has 0 spiro atoms. The van der Waals surface area contributed by atoms with Crippen molar-refractivity contribution in [1.29, 1.82) is 0 Å². The van der Waals surface area contributed by atoms with Crippen LogP contribution >= 0.6 is 0 Å². The van der Waals surface area contributed by atoms with Crippen molar-refractivity contribution in [3.8, 4) is 0 Å². The number of hydrogen-bond acceptors (Lipinski definition) is 3. The molecule has 15 heavy (non-hydrogen) atoms. The molecule has 0 bridgehead atoms. The molecule has 0 radical (unpaired) electrons. The summed E-state index contributed by atoms with van der Waals surface area (Å²) in [4.78, 5) is 15.4. The SMILES string of the molecule is NC1Cn2c(=O)cnc3ccc(F)c1c32. The van der Waals surface area contributed by atoms with Crippen molar-refractivity contribution in [3.05, 3.63) is 40.1 Å². The van der Waals surface area contributed by atoms with Crippen LogP contribution in [-0.2, 0) is 6.54 Å². The van der Waals surface area contributed by atoms with Gasteiger partial charge in [0.05, 0.1) is 23.3 Å². The fourth-order valence-electron chi connectivity index (χ4n) is 2.09. The minimum atomic E-state index is -0.453. The molecule has 0 saturated carbocycles. The quantitative estimate of drug-likeness (QED) is 0.683. The predicted octanol–water partition coefficient (Wildman–Crippen LogP) is 0.549. The Balaban J connectivity index is 2.59. The molecule has 1 aliphatic heterocycles. The van der Waals surface area contributed by atoms with Gasteiger partial charge in [-0.05, 0) is 12.1 Å². The summed E-state index contributed by atoms with van der Waals surface area (Å²) in [5, 5.41) is 0. The number of nitrogens with two attached hydrogens (primary N) is 1. The number of hydrogen-bond donors (Lipinski definition) is 1. The third-order valence-electron chi connectivity index (χ3n) is 2.74. The van der Waals surface area contributed by atoms with Crippen molar-refractivity contribution in [1.82, 2.24) is 9.55 Å². The summed E-state index contributed by atoms with van der Waals surface area (Å²) in [5.74, 6) is -0.367. The number of nitrogens with zero attached hydrogens (tertiary/aromatic N) is 2. The second kappa shape index (κ2) is 2.64. The molecule has 2 aromatic rings. The van der Waals surface area contributed by atoms with Gasteiger partial charge in [0.2, 0.25) is 0 Å². The summed E-state index contributed by atoms with van der Waals surface area (Å²) in [6.07, 6.45) is 1.24. The normalized spacial score (nSPS) is 18.7. The van der Waals surface area contributed by atoms with Crippen molar-refractivity contribution in [3.63, 3.8) is 0 Å². The highest BCUT2D eigenvalue weighted by atomic mass is 19.1. The molecule has 2 N–H and O–H groups in total. The molecule has 4 nitrogen and oxygen atoms in total. The van der Waals surface area contributed by atoms with E-state index in [2.05, 4.69) is 4.98 Å². The smallest absolute Gasteiger partial charge is 0.269 e. The molecule has 1 atom stereocenters. The molecule has 0 saturated heterocycles. The molecule has 2 heterocycles. The van der Waals surface area contributed by atoms with Gasteiger partial charge in [0.25, 0.3) is 5.56 Å². The van der Waals surface area contributed by atoms with Gasteiger partial charge in [0.1, 0.15) is 5.82 Å². The van der Waals surface area contributed by atoms with Crippen LogP contribution in [0.1, 0.15) is 11.6 Å². The molecule has 5 heteroatoms. The number of aromatic nitrogens is 2. The Hall–Kier alpha value is -1.75. The predicted molar refractivity (Wildman–Crippen MR) is 52.9 cm³/mol. The summed E-state index contributed by atoms with van der Waals surface area (Å²) < 4.78 is 15.0. The van der Waals surface area contributed by atoms with Crippen LogP contribution in [0.4, 0.5) is 4.39 Å². The average molecular weight is 205 g/mol. The molecular weight excluding hydrogens is 197 g/mol. The standard InChI is InChI=1S/C10H8FN3O/c11-5-1-2-7-10-9(5)6(12)4-14(10)8(15)3-13-7/h1-3,6H,4,12H2. The third-order valence-corrected chi connectivity index (χ3v) is 2.74. The zero-order valence-corrected chi connectivity index (χ0v) is 7.77. The number of benzene rings is 1. The van der Waals surface area contributed by atoms with Gasteiger partial charge in [-0.2, -0.15) is 0 Å². The molecule has 0 amide bonds. The van der Waals surface area contributed by atoms with Crippen molar-refractivity contribution in [2.75, 3.05) is 0 Å². The van der Waals surface area contributed by atoms with E-state index < -0.39 is 6.04 Å². The van der Waals surface area contributed by atoms with Crippen molar-refractivity contribution in [2.45, 2.75) is 12.6 Å².